The van der Waals surface area contributed by atoms with Gasteiger partial charge in [0.1, 0.15) is 5.82 Å². The van der Waals surface area contributed by atoms with Crippen LogP contribution in [-0.2, 0) is 4.79 Å². The van der Waals surface area contributed by atoms with Crippen LogP contribution < -0.4 is 10.1 Å². The molecule has 0 aliphatic heterocycles. The first kappa shape index (κ1) is 22.3. The van der Waals surface area contributed by atoms with Gasteiger partial charge in [-0.1, -0.05) is 29.8 Å². The molecule has 0 bridgehead atoms. The minimum Gasteiger partial charge on any atom is -0.481 e. The third-order valence-corrected chi connectivity index (χ3v) is 4.89. The third-order valence-electron chi connectivity index (χ3n) is 4.57. The predicted molar refractivity (Wildman–Crippen MR) is 113 cm³/mol. The van der Waals surface area contributed by atoms with Crippen LogP contribution in [0.5, 0.6) is 5.88 Å². The Morgan fingerprint density at radius 1 is 1.26 bits per heavy atom. The van der Waals surface area contributed by atoms with Crippen LogP contribution in [0.1, 0.15) is 41.0 Å². The van der Waals surface area contributed by atoms with Crippen molar-refractivity contribution >= 4 is 23.5 Å². The Morgan fingerprint density at radius 2 is 2.00 bits per heavy atom. The summed E-state index contributed by atoms with van der Waals surface area (Å²) in [4.78, 5) is 24.3. The predicted octanol–water partition coefficient (Wildman–Crippen LogP) is 4.32. The highest BCUT2D eigenvalue weighted by molar-refractivity contribution is 6.32. The summed E-state index contributed by atoms with van der Waals surface area (Å²) in [6.07, 6.45) is -0.373. The summed E-state index contributed by atoms with van der Waals surface area (Å²) >= 11 is 6.26. The molecule has 0 saturated carbocycles. The van der Waals surface area contributed by atoms with E-state index >= 15 is 0 Å². The summed E-state index contributed by atoms with van der Waals surface area (Å²) in [5, 5.41) is 16.7. The highest BCUT2D eigenvalue weighted by Gasteiger charge is 2.24. The van der Waals surface area contributed by atoms with Crippen LogP contribution in [0.4, 0.5) is 4.39 Å². The number of aromatic nitrogens is 2. The molecule has 1 aromatic heterocycles. The van der Waals surface area contributed by atoms with Crippen molar-refractivity contribution in [3.05, 3.63) is 76.2 Å². The van der Waals surface area contributed by atoms with Gasteiger partial charge in [0.15, 0.2) is 5.69 Å². The molecule has 1 atom stereocenters. The van der Waals surface area contributed by atoms with Gasteiger partial charge in [-0.05, 0) is 49.2 Å². The van der Waals surface area contributed by atoms with E-state index in [1.165, 1.54) is 28.9 Å². The van der Waals surface area contributed by atoms with Gasteiger partial charge in [0, 0.05) is 6.07 Å². The van der Waals surface area contributed by atoms with Crippen molar-refractivity contribution in [1.82, 2.24) is 15.1 Å². The maximum atomic E-state index is 13.5. The Bertz CT molecular complexity index is 1120. The summed E-state index contributed by atoms with van der Waals surface area (Å²) in [7, 11) is 0. The zero-order chi connectivity index (χ0) is 22.5. The van der Waals surface area contributed by atoms with Crippen molar-refractivity contribution in [3.63, 3.8) is 0 Å². The smallest absolute Gasteiger partial charge is 0.305 e. The molecular formula is C22H21ClFN3O4. The first-order valence-electron chi connectivity index (χ1n) is 9.56. The lowest BCUT2D eigenvalue weighted by molar-refractivity contribution is -0.137. The molecule has 0 fully saturated rings. The van der Waals surface area contributed by atoms with E-state index in [-0.39, 0.29) is 12.1 Å². The topological polar surface area (TPSA) is 93.4 Å². The summed E-state index contributed by atoms with van der Waals surface area (Å²) in [5.74, 6) is -1.83. The van der Waals surface area contributed by atoms with Crippen molar-refractivity contribution in [2.45, 2.75) is 26.3 Å². The van der Waals surface area contributed by atoms with E-state index in [9.17, 15) is 19.1 Å². The molecule has 1 unspecified atom stereocenters. The number of aryl methyl sites for hydroxylation is 1. The summed E-state index contributed by atoms with van der Waals surface area (Å²) < 4.78 is 20.5. The van der Waals surface area contributed by atoms with Crippen molar-refractivity contribution < 1.29 is 23.8 Å². The number of hydrogen-bond donors (Lipinski definition) is 2. The average molecular weight is 446 g/mol. The second kappa shape index (κ2) is 9.61. The Morgan fingerprint density at radius 3 is 2.65 bits per heavy atom. The zero-order valence-electron chi connectivity index (χ0n) is 16.9. The lowest BCUT2D eigenvalue weighted by atomic mass is 9.98. The van der Waals surface area contributed by atoms with E-state index in [2.05, 4.69) is 10.4 Å². The Balaban J connectivity index is 1.94. The molecule has 7 nitrogen and oxygen atoms in total. The van der Waals surface area contributed by atoms with Crippen LogP contribution in [0.2, 0.25) is 5.02 Å². The Labute approximate surface area is 183 Å². The van der Waals surface area contributed by atoms with E-state index in [1.54, 1.807) is 38.1 Å². The molecule has 9 heteroatoms. The van der Waals surface area contributed by atoms with Gasteiger partial charge in [-0.25, -0.2) is 4.39 Å². The van der Waals surface area contributed by atoms with Crippen LogP contribution in [0.25, 0.3) is 5.69 Å². The number of carboxylic acid groups (broad SMARTS) is 1. The number of ether oxygens (including phenoxy) is 1. The number of benzene rings is 2. The minimum absolute atomic E-state index is 0.0264. The molecule has 1 heterocycles. The standard InChI is InChI=1S/C22H21ClFN3O4/c1-3-31-20-11-18(26-27(20)19-7-5-4-6-16(19)23)22(30)25-17(12-21(28)29)15-9-8-14(24)10-13(15)2/h4-11,17H,3,12H2,1-2H3,(H,25,30)(H,28,29). The van der Waals surface area contributed by atoms with Crippen LogP contribution in [-0.4, -0.2) is 33.4 Å². The van der Waals surface area contributed by atoms with Crippen molar-refractivity contribution in [1.29, 1.82) is 0 Å². The van der Waals surface area contributed by atoms with Gasteiger partial charge in [0.25, 0.3) is 5.91 Å². The fourth-order valence-corrected chi connectivity index (χ4v) is 3.41. The number of carbonyl (C=O) groups excluding carboxylic acids is 1. The third kappa shape index (κ3) is 5.21. The van der Waals surface area contributed by atoms with Gasteiger partial charge in [0.2, 0.25) is 5.88 Å². The van der Waals surface area contributed by atoms with E-state index in [0.717, 1.165) is 0 Å². The molecule has 0 aliphatic rings. The van der Waals surface area contributed by atoms with Gasteiger partial charge in [0.05, 0.1) is 29.8 Å². The Hall–Kier alpha value is -3.39. The van der Waals surface area contributed by atoms with Crippen LogP contribution in [0, 0.1) is 12.7 Å². The van der Waals surface area contributed by atoms with E-state index in [0.29, 0.717) is 34.3 Å². The number of para-hydroxylation sites is 1. The molecular weight excluding hydrogens is 425 g/mol. The number of nitrogens with one attached hydrogen (secondary N) is 1. The first-order chi connectivity index (χ1) is 14.8. The van der Waals surface area contributed by atoms with Gasteiger partial charge in [-0.15, -0.1) is 0 Å². The van der Waals surface area contributed by atoms with Gasteiger partial charge in [-0.3, -0.25) is 9.59 Å². The fraction of sp³-hybridized carbons (Fsp3) is 0.227. The molecule has 2 N–H and O–H groups in total. The number of hydrogen-bond acceptors (Lipinski definition) is 4. The summed E-state index contributed by atoms with van der Waals surface area (Å²) in [6, 6.07) is 11.5. The van der Waals surface area contributed by atoms with Gasteiger partial charge in [-0.2, -0.15) is 9.78 Å². The number of nitrogens with zero attached hydrogens (tertiary/aromatic N) is 2. The van der Waals surface area contributed by atoms with Crippen molar-refractivity contribution in [2.75, 3.05) is 6.61 Å². The monoisotopic (exact) mass is 445 g/mol. The molecule has 0 spiro atoms. The highest BCUT2D eigenvalue weighted by atomic mass is 35.5. The average Bonchev–Trinajstić information content (AvgIpc) is 3.12. The van der Waals surface area contributed by atoms with Crippen LogP contribution in [0.3, 0.4) is 0 Å². The van der Waals surface area contributed by atoms with E-state index < -0.39 is 23.7 Å². The number of carbonyl (C=O) groups is 2. The molecule has 1 amide bonds. The second-order valence-electron chi connectivity index (χ2n) is 6.79. The van der Waals surface area contributed by atoms with Crippen molar-refractivity contribution in [2.24, 2.45) is 0 Å². The summed E-state index contributed by atoms with van der Waals surface area (Å²) in [6.45, 7) is 3.79. The number of amides is 1. The largest absolute Gasteiger partial charge is 0.481 e. The second-order valence-corrected chi connectivity index (χ2v) is 7.20. The van der Waals surface area contributed by atoms with Gasteiger partial charge >= 0.3 is 5.97 Å². The molecule has 162 valence electrons. The lowest BCUT2D eigenvalue weighted by Crippen LogP contribution is -2.31. The van der Waals surface area contributed by atoms with E-state index in [4.69, 9.17) is 16.3 Å². The molecule has 0 aliphatic carbocycles. The summed E-state index contributed by atoms with van der Waals surface area (Å²) in [5.41, 5.74) is 1.59. The highest BCUT2D eigenvalue weighted by Crippen LogP contribution is 2.27. The van der Waals surface area contributed by atoms with Gasteiger partial charge < -0.3 is 15.2 Å². The minimum atomic E-state index is -1.11. The number of aliphatic carboxylic acids is 1. The first-order valence-corrected chi connectivity index (χ1v) is 9.94. The van der Waals surface area contributed by atoms with Crippen molar-refractivity contribution in [3.8, 4) is 11.6 Å². The maximum Gasteiger partial charge on any atom is 0.305 e. The SMILES string of the molecule is CCOc1cc(C(=O)NC(CC(=O)O)c2ccc(F)cc2C)nn1-c1ccccc1Cl. The molecule has 2 aromatic carbocycles. The fourth-order valence-electron chi connectivity index (χ4n) is 3.20. The molecule has 31 heavy (non-hydrogen) atoms. The molecule has 0 saturated heterocycles. The maximum absolute atomic E-state index is 13.5. The van der Waals surface area contributed by atoms with E-state index in [1.807, 2.05) is 0 Å². The lowest BCUT2D eigenvalue weighted by Gasteiger charge is -2.19. The molecule has 3 aromatic rings. The number of rotatable bonds is 8. The molecule has 0 radical (unpaired) electrons. The zero-order valence-corrected chi connectivity index (χ0v) is 17.7. The Kier molecular flexibility index (Phi) is 6.91. The number of carboxylic acids is 1. The quantitative estimate of drug-likeness (QED) is 0.538. The molecule has 3 rings (SSSR count). The number of halogens is 2. The normalized spacial score (nSPS) is 11.7. The van der Waals surface area contributed by atoms with Crippen LogP contribution >= 0.6 is 11.6 Å². The van der Waals surface area contributed by atoms with Crippen LogP contribution in [0.15, 0.2) is 48.5 Å².